The van der Waals surface area contributed by atoms with Crippen molar-refractivity contribution in [1.29, 1.82) is 0 Å². The normalized spacial score (nSPS) is 10.9. The lowest BCUT2D eigenvalue weighted by Gasteiger charge is -2.11. The van der Waals surface area contributed by atoms with Crippen LogP contribution < -0.4 is 19.5 Å². The number of nitrogens with one attached hydrogen (secondary N) is 2. The van der Waals surface area contributed by atoms with Gasteiger partial charge in [-0.05, 0) is 55.0 Å². The summed E-state index contributed by atoms with van der Waals surface area (Å²) in [5.41, 5.74) is 2.50. The molecule has 0 aliphatic carbocycles. The van der Waals surface area contributed by atoms with Gasteiger partial charge >= 0.3 is 0 Å². The first kappa shape index (κ1) is 22.2. The van der Waals surface area contributed by atoms with Crippen molar-refractivity contribution in [2.45, 2.75) is 18.4 Å². The smallest absolute Gasteiger partial charge is 0.261 e. The number of aryl methyl sites for hydroxylation is 1. The molecule has 2 N–H and O–H groups in total. The number of anilines is 1. The Morgan fingerprint density at radius 1 is 0.903 bits per heavy atom. The monoisotopic (exact) mass is 440 g/mol. The number of hydrogen-bond acceptors (Lipinski definition) is 5. The quantitative estimate of drug-likeness (QED) is 0.557. The standard InChI is InChI=1S/C23H24N2O5S/c1-16-7-9-19(10-8-16)25-31(27,28)22-6-4-5-18(13-22)23(26)24-15-17-11-20(29-2)14-21(12-17)30-3/h4-14,25H,15H2,1-3H3,(H,24,26). The van der Waals surface area contributed by atoms with Crippen LogP contribution in [-0.2, 0) is 16.6 Å². The van der Waals surface area contributed by atoms with Crippen molar-refractivity contribution in [3.8, 4) is 11.5 Å². The second kappa shape index (κ2) is 9.53. The lowest BCUT2D eigenvalue weighted by Crippen LogP contribution is -2.23. The molecule has 8 heteroatoms. The summed E-state index contributed by atoms with van der Waals surface area (Å²) in [7, 11) is -0.732. The molecule has 0 bridgehead atoms. The number of carbonyl (C=O) groups is 1. The van der Waals surface area contributed by atoms with Gasteiger partial charge in [-0.2, -0.15) is 0 Å². The number of benzene rings is 3. The molecule has 3 aromatic rings. The minimum atomic E-state index is -3.83. The van der Waals surface area contributed by atoms with E-state index in [1.165, 1.54) is 18.2 Å². The Hall–Kier alpha value is -3.52. The van der Waals surface area contributed by atoms with Gasteiger partial charge in [-0.25, -0.2) is 8.42 Å². The highest BCUT2D eigenvalue weighted by atomic mass is 32.2. The molecule has 0 saturated carbocycles. The third-order valence-electron chi connectivity index (χ3n) is 4.57. The molecular weight excluding hydrogens is 416 g/mol. The number of sulfonamides is 1. The zero-order valence-electron chi connectivity index (χ0n) is 17.5. The van der Waals surface area contributed by atoms with Crippen LogP contribution in [0.15, 0.2) is 71.6 Å². The zero-order chi connectivity index (χ0) is 22.4. The summed E-state index contributed by atoms with van der Waals surface area (Å²) in [6.45, 7) is 2.15. The summed E-state index contributed by atoms with van der Waals surface area (Å²) in [5, 5.41) is 2.79. The molecule has 0 aliphatic rings. The predicted octanol–water partition coefficient (Wildman–Crippen LogP) is 3.74. The van der Waals surface area contributed by atoms with Crippen molar-refractivity contribution in [2.24, 2.45) is 0 Å². The molecule has 0 saturated heterocycles. The van der Waals surface area contributed by atoms with E-state index in [9.17, 15) is 13.2 Å². The van der Waals surface area contributed by atoms with Gasteiger partial charge in [-0.3, -0.25) is 9.52 Å². The fourth-order valence-corrected chi connectivity index (χ4v) is 4.00. The topological polar surface area (TPSA) is 93.7 Å². The highest BCUT2D eigenvalue weighted by Crippen LogP contribution is 2.22. The van der Waals surface area contributed by atoms with E-state index in [0.717, 1.165) is 11.1 Å². The summed E-state index contributed by atoms with van der Waals surface area (Å²) in [4.78, 5) is 12.6. The largest absolute Gasteiger partial charge is 0.497 e. The number of carbonyl (C=O) groups excluding carboxylic acids is 1. The molecule has 0 spiro atoms. The van der Waals surface area contributed by atoms with Crippen LogP contribution in [0.2, 0.25) is 0 Å². The van der Waals surface area contributed by atoms with E-state index in [4.69, 9.17) is 9.47 Å². The molecule has 3 aromatic carbocycles. The van der Waals surface area contributed by atoms with Gasteiger partial charge in [-0.1, -0.05) is 23.8 Å². The Bertz CT molecular complexity index is 1150. The average molecular weight is 441 g/mol. The SMILES string of the molecule is COc1cc(CNC(=O)c2cccc(S(=O)(=O)Nc3ccc(C)cc3)c2)cc(OC)c1. The Labute approximate surface area is 182 Å². The van der Waals surface area contributed by atoms with Crippen LogP contribution in [0, 0.1) is 6.92 Å². The number of rotatable bonds is 8. The van der Waals surface area contributed by atoms with E-state index in [1.807, 2.05) is 19.1 Å². The first-order valence-corrected chi connectivity index (χ1v) is 11.0. The lowest BCUT2D eigenvalue weighted by molar-refractivity contribution is 0.0950. The average Bonchev–Trinajstić information content (AvgIpc) is 2.78. The number of ether oxygens (including phenoxy) is 2. The molecule has 0 unspecified atom stereocenters. The molecule has 1 amide bonds. The maximum Gasteiger partial charge on any atom is 0.261 e. The molecule has 0 atom stereocenters. The van der Waals surface area contributed by atoms with Crippen LogP contribution in [0.3, 0.4) is 0 Å². The lowest BCUT2D eigenvalue weighted by atomic mass is 10.1. The molecule has 0 fully saturated rings. The van der Waals surface area contributed by atoms with E-state index in [0.29, 0.717) is 17.2 Å². The molecule has 162 valence electrons. The van der Waals surface area contributed by atoms with E-state index in [-0.39, 0.29) is 17.0 Å². The first-order chi connectivity index (χ1) is 14.8. The molecule has 0 aliphatic heterocycles. The van der Waals surface area contributed by atoms with Crippen molar-refractivity contribution in [3.05, 3.63) is 83.4 Å². The highest BCUT2D eigenvalue weighted by Gasteiger charge is 2.16. The Balaban J connectivity index is 1.73. The van der Waals surface area contributed by atoms with Crippen LogP contribution in [0.25, 0.3) is 0 Å². The molecule has 31 heavy (non-hydrogen) atoms. The van der Waals surface area contributed by atoms with E-state index >= 15 is 0 Å². The van der Waals surface area contributed by atoms with Gasteiger partial charge < -0.3 is 14.8 Å². The zero-order valence-corrected chi connectivity index (χ0v) is 18.3. The summed E-state index contributed by atoms with van der Waals surface area (Å²) in [6.07, 6.45) is 0. The second-order valence-electron chi connectivity index (χ2n) is 6.90. The van der Waals surface area contributed by atoms with Crippen LogP contribution in [-0.4, -0.2) is 28.5 Å². The number of methoxy groups -OCH3 is 2. The summed E-state index contributed by atoms with van der Waals surface area (Å²) >= 11 is 0. The van der Waals surface area contributed by atoms with Gasteiger partial charge in [0.25, 0.3) is 15.9 Å². The number of amides is 1. The third-order valence-corrected chi connectivity index (χ3v) is 5.95. The molecule has 7 nitrogen and oxygen atoms in total. The summed E-state index contributed by atoms with van der Waals surface area (Å²) < 4.78 is 38.4. The maximum absolute atomic E-state index is 12.7. The predicted molar refractivity (Wildman–Crippen MR) is 119 cm³/mol. The van der Waals surface area contributed by atoms with Gasteiger partial charge in [0.1, 0.15) is 11.5 Å². The molecular formula is C23H24N2O5S. The number of hydrogen-bond donors (Lipinski definition) is 2. The molecule has 3 rings (SSSR count). The van der Waals surface area contributed by atoms with Crippen LogP contribution in [0.5, 0.6) is 11.5 Å². The summed E-state index contributed by atoms with van der Waals surface area (Å²) in [5.74, 6) is 0.826. The summed E-state index contributed by atoms with van der Waals surface area (Å²) in [6, 6.07) is 18.2. The van der Waals surface area contributed by atoms with Crippen molar-refractivity contribution < 1.29 is 22.7 Å². The maximum atomic E-state index is 12.7. The first-order valence-electron chi connectivity index (χ1n) is 9.50. The minimum Gasteiger partial charge on any atom is -0.497 e. The van der Waals surface area contributed by atoms with Crippen molar-refractivity contribution >= 4 is 21.6 Å². The highest BCUT2D eigenvalue weighted by molar-refractivity contribution is 7.92. The van der Waals surface area contributed by atoms with E-state index in [1.54, 1.807) is 50.6 Å². The van der Waals surface area contributed by atoms with Gasteiger partial charge in [0, 0.05) is 23.9 Å². The van der Waals surface area contributed by atoms with Crippen molar-refractivity contribution in [3.63, 3.8) is 0 Å². The Kier molecular flexibility index (Phi) is 6.81. The van der Waals surface area contributed by atoms with Crippen LogP contribution in [0.1, 0.15) is 21.5 Å². The minimum absolute atomic E-state index is 0.00349. The molecule has 0 aromatic heterocycles. The Morgan fingerprint density at radius 3 is 2.16 bits per heavy atom. The van der Waals surface area contributed by atoms with Gasteiger partial charge in [-0.15, -0.1) is 0 Å². The third kappa shape index (κ3) is 5.76. The second-order valence-corrected chi connectivity index (χ2v) is 8.59. The molecule has 0 heterocycles. The van der Waals surface area contributed by atoms with Gasteiger partial charge in [0.2, 0.25) is 0 Å². The van der Waals surface area contributed by atoms with Gasteiger partial charge in [0.15, 0.2) is 0 Å². The van der Waals surface area contributed by atoms with Crippen LogP contribution in [0.4, 0.5) is 5.69 Å². The fraction of sp³-hybridized carbons (Fsp3) is 0.174. The fourth-order valence-electron chi connectivity index (χ4n) is 2.89. The van der Waals surface area contributed by atoms with E-state index in [2.05, 4.69) is 10.0 Å². The Morgan fingerprint density at radius 2 is 1.55 bits per heavy atom. The van der Waals surface area contributed by atoms with Crippen molar-refractivity contribution in [1.82, 2.24) is 5.32 Å². The van der Waals surface area contributed by atoms with E-state index < -0.39 is 15.9 Å². The van der Waals surface area contributed by atoms with Crippen LogP contribution >= 0.6 is 0 Å². The molecule has 0 radical (unpaired) electrons. The van der Waals surface area contributed by atoms with Gasteiger partial charge in [0.05, 0.1) is 19.1 Å². The van der Waals surface area contributed by atoms with Crippen molar-refractivity contribution in [2.75, 3.05) is 18.9 Å².